The van der Waals surface area contributed by atoms with Gasteiger partial charge in [0.05, 0.1) is 16.6 Å². The fraction of sp³-hybridized carbons (Fsp3) is 0. The van der Waals surface area contributed by atoms with E-state index in [1.165, 1.54) is 126 Å². The van der Waals surface area contributed by atoms with Crippen molar-refractivity contribution in [2.75, 3.05) is 0 Å². The number of hydrogen-bond donors (Lipinski definition) is 0. The van der Waals surface area contributed by atoms with E-state index in [4.69, 9.17) is 0 Å². The van der Waals surface area contributed by atoms with E-state index >= 15 is 0 Å². The molecule has 0 atom stereocenters. The van der Waals surface area contributed by atoms with Crippen LogP contribution < -0.4 is 0 Å². The Labute approximate surface area is 365 Å². The summed E-state index contributed by atoms with van der Waals surface area (Å²) in [5, 5.41) is 10.0. The van der Waals surface area contributed by atoms with E-state index in [1.54, 1.807) is 0 Å². The Kier molecular flexibility index (Phi) is 7.98. The van der Waals surface area contributed by atoms with Crippen LogP contribution in [0.2, 0.25) is 0 Å². The van der Waals surface area contributed by atoms with Crippen molar-refractivity contribution in [3.8, 4) is 66.8 Å². The lowest BCUT2D eigenvalue weighted by atomic mass is 9.85. The summed E-state index contributed by atoms with van der Waals surface area (Å²) in [6.07, 6.45) is 0. The van der Waals surface area contributed by atoms with E-state index in [-0.39, 0.29) is 0 Å². The molecule has 0 aliphatic rings. The fourth-order valence-corrected chi connectivity index (χ4v) is 10.5. The summed E-state index contributed by atoms with van der Waals surface area (Å²) in [4.78, 5) is 0. The van der Waals surface area contributed by atoms with Crippen LogP contribution in [0.1, 0.15) is 0 Å². The average molecular weight is 798 g/mol. The number of aromatic nitrogens is 1. The van der Waals surface area contributed by atoms with E-state index in [2.05, 4.69) is 241 Å². The molecule has 0 bridgehead atoms. The lowest BCUT2D eigenvalue weighted by Gasteiger charge is -2.18. The molecule has 1 nitrogen and oxygen atoms in total. The highest BCUT2D eigenvalue weighted by atomic mass is 14.9. The molecule has 0 unspecified atom stereocenters. The predicted molar refractivity (Wildman–Crippen MR) is 269 cm³/mol. The minimum absolute atomic E-state index is 1.20. The summed E-state index contributed by atoms with van der Waals surface area (Å²) < 4.78 is 2.59. The zero-order valence-electron chi connectivity index (χ0n) is 34.5. The second kappa shape index (κ2) is 14.2. The SMILES string of the molecule is c1ccc(-c2ccc(-c3ccccc3)c(-c3c4ccccc4cc4c3c3cccc5c6c(-c7cc(-c8ccccc8)ccc7-c7ccccc7)c7ccccc7cc6n4c35)c2)cc1. The van der Waals surface area contributed by atoms with Gasteiger partial charge in [0.15, 0.2) is 0 Å². The van der Waals surface area contributed by atoms with E-state index in [0.717, 1.165) is 0 Å². The van der Waals surface area contributed by atoms with Gasteiger partial charge >= 0.3 is 0 Å². The van der Waals surface area contributed by atoms with Crippen molar-refractivity contribution in [1.82, 2.24) is 4.40 Å². The largest absolute Gasteiger partial charge is 0.308 e. The molecule has 292 valence electrons. The number of benzene rings is 11. The number of fused-ring (bicyclic) bond motifs is 8. The highest BCUT2D eigenvalue weighted by Crippen LogP contribution is 2.52. The lowest BCUT2D eigenvalue weighted by molar-refractivity contribution is 1.38. The first-order chi connectivity index (χ1) is 31.3. The Bertz CT molecular complexity index is 3610. The molecule has 13 aromatic rings. The maximum atomic E-state index is 2.59. The van der Waals surface area contributed by atoms with Crippen molar-refractivity contribution in [2.24, 2.45) is 0 Å². The molecule has 11 aromatic carbocycles. The minimum Gasteiger partial charge on any atom is -0.308 e. The van der Waals surface area contributed by atoms with Crippen molar-refractivity contribution in [2.45, 2.75) is 0 Å². The van der Waals surface area contributed by atoms with E-state index in [0.29, 0.717) is 0 Å². The molecule has 0 radical (unpaired) electrons. The first-order valence-electron chi connectivity index (χ1n) is 21.8. The van der Waals surface area contributed by atoms with Crippen molar-refractivity contribution < 1.29 is 0 Å². The van der Waals surface area contributed by atoms with Crippen LogP contribution in [0.5, 0.6) is 0 Å². The van der Waals surface area contributed by atoms with E-state index < -0.39 is 0 Å². The molecule has 0 aliphatic carbocycles. The molecular formula is C62H39N. The van der Waals surface area contributed by atoms with Crippen LogP contribution in [0, 0.1) is 0 Å². The monoisotopic (exact) mass is 797 g/mol. The van der Waals surface area contributed by atoms with Gasteiger partial charge in [-0.1, -0.05) is 212 Å². The maximum Gasteiger partial charge on any atom is 0.0620 e. The van der Waals surface area contributed by atoms with Gasteiger partial charge < -0.3 is 4.40 Å². The third kappa shape index (κ3) is 5.50. The topological polar surface area (TPSA) is 4.41 Å². The van der Waals surface area contributed by atoms with Gasteiger partial charge in [-0.3, -0.25) is 0 Å². The normalized spacial score (nSPS) is 11.8. The Morgan fingerprint density at radius 2 is 0.603 bits per heavy atom. The summed E-state index contributed by atoms with van der Waals surface area (Å²) in [6, 6.07) is 87.3. The number of hydrogen-bond acceptors (Lipinski definition) is 0. The summed E-state index contributed by atoms with van der Waals surface area (Å²) in [5.41, 5.74) is 18.4. The molecule has 0 amide bonds. The van der Waals surface area contributed by atoms with Crippen LogP contribution >= 0.6 is 0 Å². The molecule has 1 heteroatoms. The van der Waals surface area contributed by atoms with Crippen LogP contribution in [0.4, 0.5) is 0 Å². The number of para-hydroxylation sites is 1. The standard InChI is InChI=1S/C62H39N/c1-5-18-40(19-6-1)44-32-34-48(42-22-9-3-10-23-42)54(36-44)58-50-28-15-13-26-46(50)38-56-60(58)52-30-17-31-53-61-57(63(56)62(52)53)39-47-27-14-16-29-51(47)59(61)55-37-45(41-20-7-2-8-21-41)33-35-49(55)43-24-11-4-12-25-43/h1-39H. The summed E-state index contributed by atoms with van der Waals surface area (Å²) in [7, 11) is 0. The maximum absolute atomic E-state index is 2.59. The van der Waals surface area contributed by atoms with Crippen molar-refractivity contribution in [3.05, 3.63) is 237 Å². The fourth-order valence-electron chi connectivity index (χ4n) is 10.5. The van der Waals surface area contributed by atoms with Gasteiger partial charge in [0.2, 0.25) is 0 Å². The Balaban J connectivity index is 1.20. The molecule has 63 heavy (non-hydrogen) atoms. The predicted octanol–water partition coefficient (Wildman–Crippen LogP) is 17.1. The molecule has 0 saturated carbocycles. The van der Waals surface area contributed by atoms with Crippen molar-refractivity contribution in [3.63, 3.8) is 0 Å². The highest BCUT2D eigenvalue weighted by Gasteiger charge is 2.26. The second-order valence-corrected chi connectivity index (χ2v) is 16.8. The van der Waals surface area contributed by atoms with E-state index in [9.17, 15) is 0 Å². The van der Waals surface area contributed by atoms with Gasteiger partial charge in [0, 0.05) is 32.7 Å². The first-order valence-corrected chi connectivity index (χ1v) is 21.8. The zero-order valence-corrected chi connectivity index (χ0v) is 34.5. The Morgan fingerprint density at radius 1 is 0.238 bits per heavy atom. The Morgan fingerprint density at radius 3 is 1.03 bits per heavy atom. The Hall–Kier alpha value is -8.26. The van der Waals surface area contributed by atoms with Crippen LogP contribution in [-0.2, 0) is 0 Å². The van der Waals surface area contributed by atoms with Gasteiger partial charge in [-0.2, -0.15) is 0 Å². The lowest BCUT2D eigenvalue weighted by Crippen LogP contribution is -1.92. The summed E-state index contributed by atoms with van der Waals surface area (Å²) >= 11 is 0. The smallest absolute Gasteiger partial charge is 0.0620 e. The quantitative estimate of drug-likeness (QED) is 0.158. The molecule has 0 fully saturated rings. The second-order valence-electron chi connectivity index (χ2n) is 16.8. The molecule has 0 aliphatic heterocycles. The van der Waals surface area contributed by atoms with Crippen LogP contribution in [0.3, 0.4) is 0 Å². The molecule has 2 aromatic heterocycles. The van der Waals surface area contributed by atoms with Crippen molar-refractivity contribution >= 4 is 59.6 Å². The summed E-state index contributed by atoms with van der Waals surface area (Å²) in [6.45, 7) is 0. The molecular weight excluding hydrogens is 759 g/mol. The van der Waals surface area contributed by atoms with Gasteiger partial charge in [-0.05, 0) is 101 Å². The van der Waals surface area contributed by atoms with Crippen LogP contribution in [-0.4, -0.2) is 4.40 Å². The highest BCUT2D eigenvalue weighted by molar-refractivity contribution is 6.33. The zero-order chi connectivity index (χ0) is 41.4. The van der Waals surface area contributed by atoms with Gasteiger partial charge in [0.25, 0.3) is 0 Å². The third-order valence-electron chi connectivity index (χ3n) is 13.3. The first kappa shape index (κ1) is 35.5. The average Bonchev–Trinajstić information content (AvgIpc) is 3.87. The molecule has 0 saturated heterocycles. The van der Waals surface area contributed by atoms with Crippen LogP contribution in [0.15, 0.2) is 237 Å². The molecule has 13 rings (SSSR count). The van der Waals surface area contributed by atoms with Crippen LogP contribution in [0.25, 0.3) is 126 Å². The third-order valence-corrected chi connectivity index (χ3v) is 13.3. The number of rotatable bonds is 6. The van der Waals surface area contributed by atoms with Gasteiger partial charge in [-0.15, -0.1) is 0 Å². The molecule has 2 heterocycles. The van der Waals surface area contributed by atoms with Gasteiger partial charge in [-0.25, -0.2) is 0 Å². The van der Waals surface area contributed by atoms with E-state index in [1.807, 2.05) is 0 Å². The molecule has 0 N–H and O–H groups in total. The minimum atomic E-state index is 1.20. The van der Waals surface area contributed by atoms with Crippen molar-refractivity contribution in [1.29, 1.82) is 0 Å². The number of nitrogens with zero attached hydrogens (tertiary/aromatic N) is 1. The summed E-state index contributed by atoms with van der Waals surface area (Å²) in [5.74, 6) is 0. The molecule has 0 spiro atoms. The van der Waals surface area contributed by atoms with Gasteiger partial charge in [0.1, 0.15) is 0 Å².